The van der Waals surface area contributed by atoms with Crippen molar-refractivity contribution in [3.05, 3.63) is 74.6 Å². The molecule has 0 N–H and O–H groups in total. The Hall–Kier alpha value is -2.30. The number of benzene rings is 2. The number of fused-ring (bicyclic) bond motifs is 3. The second kappa shape index (κ2) is 7.37. The molecule has 0 amide bonds. The summed E-state index contributed by atoms with van der Waals surface area (Å²) in [7, 11) is 0. The molecule has 2 aromatic carbocycles. The van der Waals surface area contributed by atoms with Crippen LogP contribution in [0.5, 0.6) is 5.75 Å². The molecular formula is C22H22ClNO3. The number of halogens is 1. The predicted molar refractivity (Wildman–Crippen MR) is 107 cm³/mol. The van der Waals surface area contributed by atoms with Crippen LogP contribution in [0.4, 0.5) is 0 Å². The molecular weight excluding hydrogens is 362 g/mol. The highest BCUT2D eigenvalue weighted by atomic mass is 35.5. The fourth-order valence-corrected chi connectivity index (χ4v) is 4.01. The Morgan fingerprint density at radius 2 is 2.00 bits per heavy atom. The van der Waals surface area contributed by atoms with Crippen molar-refractivity contribution >= 4 is 22.6 Å². The maximum absolute atomic E-state index is 12.1. The summed E-state index contributed by atoms with van der Waals surface area (Å²) < 4.78 is 11.6. The van der Waals surface area contributed by atoms with Crippen LogP contribution in [0.15, 0.2) is 51.7 Å². The van der Waals surface area contributed by atoms with Gasteiger partial charge in [-0.05, 0) is 30.5 Å². The normalized spacial score (nSPS) is 15.4. The molecule has 0 saturated heterocycles. The van der Waals surface area contributed by atoms with E-state index in [1.807, 2.05) is 24.3 Å². The second-order valence-electron chi connectivity index (χ2n) is 6.99. The maximum Gasteiger partial charge on any atom is 0.336 e. The highest BCUT2D eigenvalue weighted by Gasteiger charge is 2.28. The van der Waals surface area contributed by atoms with Gasteiger partial charge in [-0.3, -0.25) is 4.90 Å². The number of hydrogen-bond acceptors (Lipinski definition) is 4. The summed E-state index contributed by atoms with van der Waals surface area (Å²) in [6.07, 6.45) is 1.75. The zero-order valence-electron chi connectivity index (χ0n) is 15.5. The lowest BCUT2D eigenvalue weighted by Crippen LogP contribution is -2.34. The molecule has 2 heterocycles. The Balaban J connectivity index is 1.80. The van der Waals surface area contributed by atoms with Crippen LogP contribution in [0.3, 0.4) is 0 Å². The molecule has 3 aromatic rings. The summed E-state index contributed by atoms with van der Waals surface area (Å²) in [4.78, 5) is 14.3. The van der Waals surface area contributed by atoms with Crippen molar-refractivity contribution in [1.29, 1.82) is 0 Å². The first kappa shape index (κ1) is 18.1. The third kappa shape index (κ3) is 3.35. The van der Waals surface area contributed by atoms with E-state index in [2.05, 4.69) is 30.9 Å². The van der Waals surface area contributed by atoms with Crippen LogP contribution in [0.2, 0.25) is 5.02 Å². The molecule has 5 heteroatoms. The van der Waals surface area contributed by atoms with E-state index in [4.69, 9.17) is 20.8 Å². The van der Waals surface area contributed by atoms with E-state index >= 15 is 0 Å². The third-order valence-corrected chi connectivity index (χ3v) is 5.49. The number of nitrogens with zero attached hydrogens (tertiary/aromatic N) is 1. The molecule has 0 radical (unpaired) electrons. The van der Waals surface area contributed by atoms with Gasteiger partial charge in [0.15, 0.2) is 0 Å². The third-order valence-electron chi connectivity index (χ3n) is 5.21. The Bertz CT molecular complexity index is 1030. The highest BCUT2D eigenvalue weighted by Crippen LogP contribution is 2.41. The van der Waals surface area contributed by atoms with Gasteiger partial charge >= 0.3 is 5.63 Å². The zero-order chi connectivity index (χ0) is 19.0. The minimum absolute atomic E-state index is 0.166. The van der Waals surface area contributed by atoms with E-state index in [0.29, 0.717) is 29.6 Å². The van der Waals surface area contributed by atoms with Crippen molar-refractivity contribution in [1.82, 2.24) is 4.90 Å². The molecule has 1 atom stereocenters. The van der Waals surface area contributed by atoms with Gasteiger partial charge in [0.25, 0.3) is 0 Å². The van der Waals surface area contributed by atoms with Gasteiger partial charge in [-0.15, -0.1) is 0 Å². The fraction of sp³-hybridized carbons (Fsp3) is 0.318. The van der Waals surface area contributed by atoms with E-state index in [1.54, 1.807) is 6.07 Å². The zero-order valence-corrected chi connectivity index (χ0v) is 16.3. The van der Waals surface area contributed by atoms with Gasteiger partial charge in [-0.2, -0.15) is 0 Å². The van der Waals surface area contributed by atoms with Crippen LogP contribution in [0.25, 0.3) is 11.0 Å². The summed E-state index contributed by atoms with van der Waals surface area (Å²) in [6.45, 7) is 5.29. The van der Waals surface area contributed by atoms with Gasteiger partial charge in [-0.25, -0.2) is 4.79 Å². The van der Waals surface area contributed by atoms with Crippen molar-refractivity contribution in [2.75, 3.05) is 6.73 Å². The van der Waals surface area contributed by atoms with Crippen molar-refractivity contribution in [3.63, 3.8) is 0 Å². The molecule has 0 saturated carbocycles. The van der Waals surface area contributed by atoms with Crippen LogP contribution in [-0.4, -0.2) is 11.6 Å². The largest absolute Gasteiger partial charge is 0.476 e. The van der Waals surface area contributed by atoms with Gasteiger partial charge in [0.05, 0.1) is 10.6 Å². The summed E-state index contributed by atoms with van der Waals surface area (Å²) in [6, 6.07) is 13.9. The van der Waals surface area contributed by atoms with Crippen LogP contribution < -0.4 is 10.4 Å². The SMILES string of the molecule is CCCc1cc(=O)oc2c3c(c(Cl)cc12)OCN(C(C)c1ccccc1)C3. The van der Waals surface area contributed by atoms with Gasteiger partial charge in [-0.1, -0.05) is 55.3 Å². The van der Waals surface area contributed by atoms with Gasteiger partial charge in [0.1, 0.15) is 18.1 Å². The molecule has 1 unspecified atom stereocenters. The summed E-state index contributed by atoms with van der Waals surface area (Å²) in [5, 5.41) is 1.47. The second-order valence-corrected chi connectivity index (χ2v) is 7.40. The number of aryl methyl sites for hydroxylation is 1. The molecule has 0 spiro atoms. The standard InChI is InChI=1S/C22H22ClNO3/c1-3-7-16-10-20(25)27-21-17(16)11-19(23)22-18(21)12-24(13-26-22)14(2)15-8-5-4-6-9-15/h4-6,8-11,14H,3,7,12-13H2,1-2H3. The molecule has 0 bridgehead atoms. The summed E-state index contributed by atoms with van der Waals surface area (Å²) >= 11 is 6.51. The lowest BCUT2D eigenvalue weighted by molar-refractivity contribution is 0.0621. The van der Waals surface area contributed by atoms with E-state index in [1.165, 1.54) is 5.56 Å². The molecule has 1 aliphatic rings. The first-order valence-electron chi connectivity index (χ1n) is 9.28. The van der Waals surface area contributed by atoms with E-state index in [-0.39, 0.29) is 11.7 Å². The molecule has 27 heavy (non-hydrogen) atoms. The van der Waals surface area contributed by atoms with Gasteiger partial charge in [0, 0.05) is 24.0 Å². The summed E-state index contributed by atoms with van der Waals surface area (Å²) in [5.41, 5.74) is 3.30. The maximum atomic E-state index is 12.1. The topological polar surface area (TPSA) is 42.7 Å². The first-order valence-corrected chi connectivity index (χ1v) is 9.66. The molecule has 4 nitrogen and oxygen atoms in total. The minimum atomic E-state index is -0.330. The number of rotatable bonds is 4. The van der Waals surface area contributed by atoms with E-state index in [9.17, 15) is 4.79 Å². The van der Waals surface area contributed by atoms with Crippen molar-refractivity contribution in [2.45, 2.75) is 39.3 Å². The Labute approximate surface area is 163 Å². The predicted octanol–water partition coefficient (Wildman–Crippen LogP) is 5.31. The van der Waals surface area contributed by atoms with Crippen LogP contribution >= 0.6 is 11.6 Å². The van der Waals surface area contributed by atoms with E-state index in [0.717, 1.165) is 29.4 Å². The minimum Gasteiger partial charge on any atom is -0.476 e. The number of hydrogen-bond donors (Lipinski definition) is 0. The Kier molecular flexibility index (Phi) is 4.94. The van der Waals surface area contributed by atoms with E-state index < -0.39 is 0 Å². The average molecular weight is 384 g/mol. The quantitative estimate of drug-likeness (QED) is 0.572. The lowest BCUT2D eigenvalue weighted by Gasteiger charge is -2.34. The van der Waals surface area contributed by atoms with Crippen molar-refractivity contribution < 1.29 is 9.15 Å². The first-order chi connectivity index (χ1) is 13.1. The Morgan fingerprint density at radius 3 is 2.74 bits per heavy atom. The number of ether oxygens (including phenoxy) is 1. The molecule has 140 valence electrons. The monoisotopic (exact) mass is 383 g/mol. The smallest absolute Gasteiger partial charge is 0.336 e. The van der Waals surface area contributed by atoms with Crippen LogP contribution in [0.1, 0.15) is 43.0 Å². The summed E-state index contributed by atoms with van der Waals surface area (Å²) in [5.74, 6) is 0.623. The molecule has 0 fully saturated rings. The Morgan fingerprint density at radius 1 is 1.22 bits per heavy atom. The molecule has 1 aromatic heterocycles. The molecule has 4 rings (SSSR count). The average Bonchev–Trinajstić information content (AvgIpc) is 2.69. The van der Waals surface area contributed by atoms with Gasteiger partial charge in [0.2, 0.25) is 0 Å². The fourth-order valence-electron chi connectivity index (χ4n) is 3.74. The molecule has 1 aliphatic heterocycles. The van der Waals surface area contributed by atoms with Crippen molar-refractivity contribution in [2.24, 2.45) is 0 Å². The van der Waals surface area contributed by atoms with Gasteiger partial charge < -0.3 is 9.15 Å². The van der Waals surface area contributed by atoms with Crippen molar-refractivity contribution in [3.8, 4) is 5.75 Å². The lowest BCUT2D eigenvalue weighted by atomic mass is 10.0. The van der Waals surface area contributed by atoms with Crippen LogP contribution in [-0.2, 0) is 13.0 Å². The highest BCUT2D eigenvalue weighted by molar-refractivity contribution is 6.33. The molecule has 0 aliphatic carbocycles. The van der Waals surface area contributed by atoms with Crippen LogP contribution in [0, 0.1) is 0 Å².